The molecule has 2 amide bonds. The molecule has 134 valence electrons. The van der Waals surface area contributed by atoms with Gasteiger partial charge in [0.2, 0.25) is 0 Å². The van der Waals surface area contributed by atoms with Crippen molar-refractivity contribution in [3.05, 3.63) is 35.1 Å². The van der Waals surface area contributed by atoms with Crippen LogP contribution in [0.1, 0.15) is 36.8 Å². The van der Waals surface area contributed by atoms with Crippen molar-refractivity contribution in [2.75, 3.05) is 20.6 Å². The second kappa shape index (κ2) is 8.99. The lowest BCUT2D eigenvalue weighted by Crippen LogP contribution is -2.39. The zero-order chi connectivity index (χ0) is 17.5. The fraction of sp³-hybridized carbons (Fsp3) is 0.611. The van der Waals surface area contributed by atoms with Crippen LogP contribution in [-0.2, 0) is 13.1 Å². The zero-order valence-corrected chi connectivity index (χ0v) is 14.5. The summed E-state index contributed by atoms with van der Waals surface area (Å²) in [5.41, 5.74) is 1.38. The van der Waals surface area contributed by atoms with Gasteiger partial charge in [0.1, 0.15) is 5.82 Å². The monoisotopic (exact) mass is 337 g/mol. The van der Waals surface area contributed by atoms with E-state index in [-0.39, 0.29) is 24.5 Å². The number of urea groups is 1. The number of aliphatic hydroxyl groups excluding tert-OH is 1. The number of aliphatic hydroxyl groups is 1. The summed E-state index contributed by atoms with van der Waals surface area (Å²) in [4.78, 5) is 13.8. The zero-order valence-electron chi connectivity index (χ0n) is 14.5. The van der Waals surface area contributed by atoms with Crippen LogP contribution in [0.2, 0.25) is 0 Å². The van der Waals surface area contributed by atoms with Crippen LogP contribution in [0.3, 0.4) is 0 Å². The fourth-order valence-electron chi connectivity index (χ4n) is 3.10. The maximum atomic E-state index is 14.0. The van der Waals surface area contributed by atoms with Crippen LogP contribution < -0.4 is 10.6 Å². The first-order valence-corrected chi connectivity index (χ1v) is 8.56. The highest BCUT2D eigenvalue weighted by molar-refractivity contribution is 5.73. The van der Waals surface area contributed by atoms with E-state index in [1.54, 1.807) is 6.07 Å². The number of nitrogens with zero attached hydrogens (tertiary/aromatic N) is 1. The van der Waals surface area contributed by atoms with Crippen LogP contribution in [-0.4, -0.2) is 42.8 Å². The minimum absolute atomic E-state index is 0.239. The molecule has 3 N–H and O–H groups in total. The van der Waals surface area contributed by atoms with E-state index in [9.17, 15) is 14.3 Å². The van der Waals surface area contributed by atoms with E-state index in [0.717, 1.165) is 31.2 Å². The Hall–Kier alpha value is -1.66. The maximum Gasteiger partial charge on any atom is 0.315 e. The number of carbonyl (C=O) groups is 1. The van der Waals surface area contributed by atoms with Crippen molar-refractivity contribution in [1.29, 1.82) is 0 Å². The third-order valence-corrected chi connectivity index (χ3v) is 4.36. The Kier molecular flexibility index (Phi) is 6.99. The van der Waals surface area contributed by atoms with E-state index in [0.29, 0.717) is 24.6 Å². The summed E-state index contributed by atoms with van der Waals surface area (Å²) in [6.07, 6.45) is 3.41. The first-order chi connectivity index (χ1) is 11.4. The van der Waals surface area contributed by atoms with E-state index < -0.39 is 0 Å². The molecule has 0 bridgehead atoms. The highest BCUT2D eigenvalue weighted by atomic mass is 19.1. The Morgan fingerprint density at radius 3 is 2.79 bits per heavy atom. The number of rotatable bonds is 6. The van der Waals surface area contributed by atoms with Crippen molar-refractivity contribution >= 4 is 6.03 Å². The molecule has 0 aromatic heterocycles. The number of hydrogen-bond donors (Lipinski definition) is 3. The Balaban J connectivity index is 1.74. The number of carbonyl (C=O) groups excluding carboxylic acids is 1. The molecule has 0 heterocycles. The topological polar surface area (TPSA) is 64.6 Å². The number of halogens is 1. The van der Waals surface area contributed by atoms with Crippen LogP contribution >= 0.6 is 0 Å². The van der Waals surface area contributed by atoms with Gasteiger partial charge in [-0.05, 0) is 50.9 Å². The van der Waals surface area contributed by atoms with Gasteiger partial charge in [0.05, 0.1) is 6.10 Å². The van der Waals surface area contributed by atoms with Gasteiger partial charge in [-0.1, -0.05) is 18.6 Å². The lowest BCUT2D eigenvalue weighted by molar-refractivity contribution is 0.101. The minimum atomic E-state index is -0.257. The molecule has 2 atom stereocenters. The third kappa shape index (κ3) is 6.09. The predicted molar refractivity (Wildman–Crippen MR) is 92.0 cm³/mol. The molecule has 1 aromatic carbocycles. The molecule has 1 saturated carbocycles. The van der Waals surface area contributed by atoms with E-state index in [4.69, 9.17) is 0 Å². The van der Waals surface area contributed by atoms with Crippen molar-refractivity contribution < 1.29 is 14.3 Å². The Morgan fingerprint density at radius 1 is 1.33 bits per heavy atom. The standard InChI is InChI=1S/C18H28FN3O2/c1-22(2)12-15-7-6-14(9-17(15)19)11-21-18(24)20-10-13-4-3-5-16(23)8-13/h6-7,9,13,16,23H,3-5,8,10-12H2,1-2H3,(H2,20,21,24). The molecular weight excluding hydrogens is 309 g/mol. The molecule has 0 saturated heterocycles. The number of amides is 2. The Morgan fingerprint density at radius 2 is 2.12 bits per heavy atom. The summed E-state index contributed by atoms with van der Waals surface area (Å²) in [5, 5.41) is 15.2. The normalized spacial score (nSPS) is 20.9. The highest BCUT2D eigenvalue weighted by Crippen LogP contribution is 2.23. The first-order valence-electron chi connectivity index (χ1n) is 8.56. The summed E-state index contributed by atoms with van der Waals surface area (Å²) in [5.74, 6) is 0.0851. The van der Waals surface area contributed by atoms with Gasteiger partial charge in [-0.3, -0.25) is 0 Å². The quantitative estimate of drug-likeness (QED) is 0.746. The molecule has 1 aliphatic rings. The average molecular weight is 337 g/mol. The maximum absolute atomic E-state index is 14.0. The van der Waals surface area contributed by atoms with Crippen molar-refractivity contribution in [2.45, 2.75) is 44.9 Å². The molecule has 0 radical (unpaired) electrons. The molecule has 6 heteroatoms. The molecule has 1 fully saturated rings. The number of hydrogen-bond acceptors (Lipinski definition) is 3. The smallest absolute Gasteiger partial charge is 0.315 e. The largest absolute Gasteiger partial charge is 0.393 e. The molecule has 2 rings (SSSR count). The van der Waals surface area contributed by atoms with Gasteiger partial charge < -0.3 is 20.6 Å². The molecule has 2 unspecified atom stereocenters. The predicted octanol–water partition coefficient (Wildman–Crippen LogP) is 2.24. The Bertz CT molecular complexity index is 551. The van der Waals surface area contributed by atoms with Crippen LogP contribution in [0.15, 0.2) is 18.2 Å². The molecular formula is C18H28FN3O2. The van der Waals surface area contributed by atoms with Crippen LogP contribution in [0, 0.1) is 11.7 Å². The van der Waals surface area contributed by atoms with Gasteiger partial charge in [-0.15, -0.1) is 0 Å². The second-order valence-electron chi connectivity index (χ2n) is 6.91. The van der Waals surface area contributed by atoms with Gasteiger partial charge in [0, 0.05) is 25.2 Å². The lowest BCUT2D eigenvalue weighted by atomic mass is 9.87. The summed E-state index contributed by atoms with van der Waals surface area (Å²) in [7, 11) is 3.79. The third-order valence-electron chi connectivity index (χ3n) is 4.36. The van der Waals surface area contributed by atoms with E-state index in [1.807, 2.05) is 25.1 Å². The molecule has 0 spiro atoms. The number of benzene rings is 1. The van der Waals surface area contributed by atoms with Crippen molar-refractivity contribution in [1.82, 2.24) is 15.5 Å². The first kappa shape index (κ1) is 18.7. The Labute approximate surface area is 143 Å². The van der Waals surface area contributed by atoms with Crippen molar-refractivity contribution in [2.24, 2.45) is 5.92 Å². The van der Waals surface area contributed by atoms with E-state index in [1.165, 1.54) is 6.07 Å². The highest BCUT2D eigenvalue weighted by Gasteiger charge is 2.20. The van der Waals surface area contributed by atoms with Gasteiger partial charge in [0.25, 0.3) is 0 Å². The van der Waals surface area contributed by atoms with Gasteiger partial charge in [-0.25, -0.2) is 9.18 Å². The lowest BCUT2D eigenvalue weighted by Gasteiger charge is -2.25. The van der Waals surface area contributed by atoms with Gasteiger partial charge in [-0.2, -0.15) is 0 Å². The van der Waals surface area contributed by atoms with Crippen LogP contribution in [0.4, 0.5) is 9.18 Å². The average Bonchev–Trinajstić information content (AvgIpc) is 2.53. The molecule has 1 aliphatic carbocycles. The van der Waals surface area contributed by atoms with Gasteiger partial charge >= 0.3 is 6.03 Å². The second-order valence-corrected chi connectivity index (χ2v) is 6.91. The summed E-state index contributed by atoms with van der Waals surface area (Å²) in [6.45, 7) is 1.41. The number of nitrogens with one attached hydrogen (secondary N) is 2. The molecule has 24 heavy (non-hydrogen) atoms. The van der Waals surface area contributed by atoms with Gasteiger partial charge in [0.15, 0.2) is 0 Å². The minimum Gasteiger partial charge on any atom is -0.393 e. The summed E-state index contributed by atoms with van der Waals surface area (Å²) < 4.78 is 14.0. The fourth-order valence-corrected chi connectivity index (χ4v) is 3.10. The van der Waals surface area contributed by atoms with E-state index in [2.05, 4.69) is 10.6 Å². The van der Waals surface area contributed by atoms with Crippen LogP contribution in [0.5, 0.6) is 0 Å². The summed E-state index contributed by atoms with van der Waals surface area (Å²) >= 11 is 0. The van der Waals surface area contributed by atoms with E-state index >= 15 is 0 Å². The summed E-state index contributed by atoms with van der Waals surface area (Å²) in [6, 6.07) is 4.80. The molecule has 0 aliphatic heterocycles. The molecule has 1 aromatic rings. The molecule has 5 nitrogen and oxygen atoms in total. The van der Waals surface area contributed by atoms with Crippen LogP contribution in [0.25, 0.3) is 0 Å². The van der Waals surface area contributed by atoms with Crippen molar-refractivity contribution in [3.8, 4) is 0 Å². The SMILES string of the molecule is CN(C)Cc1ccc(CNC(=O)NCC2CCCC(O)C2)cc1F. The van der Waals surface area contributed by atoms with Crippen molar-refractivity contribution in [3.63, 3.8) is 0 Å².